The molecule has 2 unspecified atom stereocenters. The molecule has 0 bridgehead atoms. The highest BCUT2D eigenvalue weighted by Crippen LogP contribution is 2.23. The Balaban J connectivity index is 1.79. The van der Waals surface area contributed by atoms with Gasteiger partial charge >= 0.3 is 0 Å². The van der Waals surface area contributed by atoms with Crippen LogP contribution in [0.5, 0.6) is 5.75 Å². The Morgan fingerprint density at radius 3 is 2.38 bits per heavy atom. The highest BCUT2D eigenvalue weighted by Gasteiger charge is 2.13. The molecule has 130 valence electrons. The van der Waals surface area contributed by atoms with E-state index in [4.69, 9.17) is 4.74 Å². The molecular formula is C21H30NO2+. The smallest absolute Gasteiger partial charge is 0.137 e. The third-order valence-corrected chi connectivity index (χ3v) is 4.39. The van der Waals surface area contributed by atoms with Gasteiger partial charge in [0.25, 0.3) is 0 Å². The summed E-state index contributed by atoms with van der Waals surface area (Å²) in [6.45, 7) is 9.58. The van der Waals surface area contributed by atoms with Crippen molar-refractivity contribution in [3.8, 4) is 5.75 Å². The molecule has 0 saturated carbocycles. The summed E-state index contributed by atoms with van der Waals surface area (Å²) in [7, 11) is 0. The lowest BCUT2D eigenvalue weighted by atomic mass is 9.98. The topological polar surface area (TPSA) is 46.1 Å². The van der Waals surface area contributed by atoms with Crippen LogP contribution in [0.15, 0.2) is 48.5 Å². The van der Waals surface area contributed by atoms with Crippen molar-refractivity contribution in [3.63, 3.8) is 0 Å². The molecule has 0 aromatic heterocycles. The number of nitrogens with two attached hydrogens (primary N) is 1. The van der Waals surface area contributed by atoms with Crippen molar-refractivity contribution in [3.05, 3.63) is 65.2 Å². The van der Waals surface area contributed by atoms with E-state index in [0.29, 0.717) is 25.1 Å². The zero-order valence-corrected chi connectivity index (χ0v) is 15.2. The Bertz CT molecular complexity index is 625. The van der Waals surface area contributed by atoms with E-state index in [9.17, 15) is 5.11 Å². The SMILES string of the molecule is Cc1cc(OCC(O)C[NH2+]C(C)c2ccccc2)ccc1C(C)C. The molecule has 0 spiro atoms. The Kier molecular flexibility index (Phi) is 6.83. The van der Waals surface area contributed by atoms with Gasteiger partial charge in [-0.1, -0.05) is 50.2 Å². The molecule has 2 atom stereocenters. The van der Waals surface area contributed by atoms with Crippen molar-refractivity contribution in [2.45, 2.75) is 45.8 Å². The summed E-state index contributed by atoms with van der Waals surface area (Å²) in [4.78, 5) is 0. The first-order valence-corrected chi connectivity index (χ1v) is 8.77. The van der Waals surface area contributed by atoms with Gasteiger partial charge in [-0.2, -0.15) is 0 Å². The number of aliphatic hydroxyl groups is 1. The van der Waals surface area contributed by atoms with Gasteiger partial charge in [-0.25, -0.2) is 0 Å². The summed E-state index contributed by atoms with van der Waals surface area (Å²) in [5, 5.41) is 12.3. The monoisotopic (exact) mass is 328 g/mol. The van der Waals surface area contributed by atoms with Crippen molar-refractivity contribution >= 4 is 0 Å². The average molecular weight is 328 g/mol. The quantitative estimate of drug-likeness (QED) is 0.782. The zero-order chi connectivity index (χ0) is 17.5. The van der Waals surface area contributed by atoms with Crippen LogP contribution in [0.1, 0.15) is 49.4 Å². The lowest BCUT2D eigenvalue weighted by Gasteiger charge is -2.16. The van der Waals surface area contributed by atoms with Crippen LogP contribution in [0.4, 0.5) is 0 Å². The van der Waals surface area contributed by atoms with E-state index in [1.54, 1.807) is 0 Å². The fraction of sp³-hybridized carbons (Fsp3) is 0.429. The van der Waals surface area contributed by atoms with Crippen LogP contribution < -0.4 is 10.1 Å². The third-order valence-electron chi connectivity index (χ3n) is 4.39. The van der Waals surface area contributed by atoms with Crippen LogP contribution in [0.25, 0.3) is 0 Å². The van der Waals surface area contributed by atoms with Gasteiger partial charge in [0.15, 0.2) is 0 Å². The standard InChI is InChI=1S/C21H29NO2/c1-15(2)21-11-10-20(12-16(21)3)24-14-19(23)13-22-17(4)18-8-6-5-7-9-18/h5-12,15,17,19,22-23H,13-14H2,1-4H3/p+1. The second kappa shape index (κ2) is 8.86. The van der Waals surface area contributed by atoms with Gasteiger partial charge in [0, 0.05) is 5.56 Å². The molecule has 0 aliphatic rings. The first-order valence-electron chi connectivity index (χ1n) is 8.77. The van der Waals surface area contributed by atoms with Gasteiger partial charge in [-0.05, 0) is 43.0 Å². The number of hydrogen-bond donors (Lipinski definition) is 2. The maximum Gasteiger partial charge on any atom is 0.137 e. The fourth-order valence-electron chi connectivity index (χ4n) is 2.90. The second-order valence-electron chi connectivity index (χ2n) is 6.81. The van der Waals surface area contributed by atoms with E-state index in [0.717, 1.165) is 5.75 Å². The maximum absolute atomic E-state index is 10.2. The van der Waals surface area contributed by atoms with Gasteiger partial charge in [0.05, 0.1) is 0 Å². The number of ether oxygens (including phenoxy) is 1. The van der Waals surface area contributed by atoms with Crippen LogP contribution in [0.3, 0.4) is 0 Å². The molecule has 2 aromatic carbocycles. The van der Waals surface area contributed by atoms with Crippen LogP contribution >= 0.6 is 0 Å². The van der Waals surface area contributed by atoms with Crippen molar-refractivity contribution < 1.29 is 15.2 Å². The number of rotatable bonds is 8. The zero-order valence-electron chi connectivity index (χ0n) is 15.2. The molecule has 3 N–H and O–H groups in total. The summed E-state index contributed by atoms with van der Waals surface area (Å²) in [6.07, 6.45) is -0.485. The average Bonchev–Trinajstić information content (AvgIpc) is 2.58. The molecule has 0 heterocycles. The number of quaternary nitrogens is 1. The summed E-state index contributed by atoms with van der Waals surface area (Å²) in [6, 6.07) is 16.8. The van der Waals surface area contributed by atoms with Crippen LogP contribution in [-0.4, -0.2) is 24.4 Å². The van der Waals surface area contributed by atoms with Gasteiger partial charge in [-0.3, -0.25) is 0 Å². The molecule has 2 aromatic rings. The molecular weight excluding hydrogens is 298 g/mol. The first-order chi connectivity index (χ1) is 11.5. The van der Waals surface area contributed by atoms with Gasteiger partial charge in [0.1, 0.15) is 31.0 Å². The first kappa shape index (κ1) is 18.5. The summed E-state index contributed by atoms with van der Waals surface area (Å²) in [5.41, 5.74) is 3.85. The summed E-state index contributed by atoms with van der Waals surface area (Å²) < 4.78 is 5.75. The fourth-order valence-corrected chi connectivity index (χ4v) is 2.90. The van der Waals surface area contributed by atoms with Crippen molar-refractivity contribution in [2.75, 3.05) is 13.2 Å². The minimum absolute atomic E-state index is 0.318. The van der Waals surface area contributed by atoms with Crippen LogP contribution in [-0.2, 0) is 0 Å². The van der Waals surface area contributed by atoms with E-state index in [2.05, 4.69) is 57.3 Å². The molecule has 0 saturated heterocycles. The molecule has 0 radical (unpaired) electrons. The van der Waals surface area contributed by atoms with Gasteiger partial charge in [0.2, 0.25) is 0 Å². The summed E-state index contributed by atoms with van der Waals surface area (Å²) in [5.74, 6) is 1.34. The molecule has 0 aliphatic heterocycles. The van der Waals surface area contributed by atoms with E-state index < -0.39 is 6.10 Å². The number of aliphatic hydroxyl groups excluding tert-OH is 1. The minimum atomic E-state index is -0.485. The highest BCUT2D eigenvalue weighted by atomic mass is 16.5. The van der Waals surface area contributed by atoms with Crippen LogP contribution in [0.2, 0.25) is 0 Å². The summed E-state index contributed by atoms with van der Waals surface area (Å²) >= 11 is 0. The number of aryl methyl sites for hydroxylation is 1. The number of hydrogen-bond acceptors (Lipinski definition) is 2. The Morgan fingerprint density at radius 1 is 1.04 bits per heavy atom. The van der Waals surface area contributed by atoms with Crippen molar-refractivity contribution in [1.29, 1.82) is 0 Å². The lowest BCUT2D eigenvalue weighted by Crippen LogP contribution is -2.87. The van der Waals surface area contributed by atoms with E-state index in [1.807, 2.05) is 24.3 Å². The molecule has 0 fully saturated rings. The molecule has 24 heavy (non-hydrogen) atoms. The molecule has 2 rings (SSSR count). The molecule has 3 heteroatoms. The Hall–Kier alpha value is -1.84. The molecule has 0 aliphatic carbocycles. The Labute approximate surface area is 145 Å². The van der Waals surface area contributed by atoms with E-state index >= 15 is 0 Å². The van der Waals surface area contributed by atoms with E-state index in [-0.39, 0.29) is 0 Å². The molecule has 0 amide bonds. The Morgan fingerprint density at radius 2 is 1.75 bits per heavy atom. The van der Waals surface area contributed by atoms with E-state index in [1.165, 1.54) is 16.7 Å². The highest BCUT2D eigenvalue weighted by molar-refractivity contribution is 5.36. The predicted molar refractivity (Wildman–Crippen MR) is 98.4 cm³/mol. The number of benzene rings is 2. The molecule has 3 nitrogen and oxygen atoms in total. The van der Waals surface area contributed by atoms with Crippen LogP contribution in [0, 0.1) is 6.92 Å². The minimum Gasteiger partial charge on any atom is -0.491 e. The van der Waals surface area contributed by atoms with Gasteiger partial charge < -0.3 is 15.2 Å². The third kappa shape index (κ3) is 5.36. The van der Waals surface area contributed by atoms with Crippen molar-refractivity contribution in [2.24, 2.45) is 0 Å². The predicted octanol–water partition coefficient (Wildman–Crippen LogP) is 3.18. The van der Waals surface area contributed by atoms with Gasteiger partial charge in [-0.15, -0.1) is 0 Å². The maximum atomic E-state index is 10.2. The normalized spacial score (nSPS) is 13.8. The lowest BCUT2D eigenvalue weighted by molar-refractivity contribution is -0.698. The second-order valence-corrected chi connectivity index (χ2v) is 6.81. The van der Waals surface area contributed by atoms with Crippen molar-refractivity contribution in [1.82, 2.24) is 0 Å². The largest absolute Gasteiger partial charge is 0.491 e.